The van der Waals surface area contributed by atoms with Crippen LogP contribution in [0.5, 0.6) is 0 Å². The molecule has 76 valence electrons. The highest BCUT2D eigenvalue weighted by Gasteiger charge is 2.07. The second kappa shape index (κ2) is 4.76. The van der Waals surface area contributed by atoms with E-state index in [1.54, 1.807) is 18.5 Å². The molecule has 0 atom stereocenters. The highest BCUT2D eigenvalue weighted by Crippen LogP contribution is 2.24. The lowest BCUT2D eigenvalue weighted by Crippen LogP contribution is -2.06. The Morgan fingerprint density at radius 1 is 1.57 bits per heavy atom. The van der Waals surface area contributed by atoms with Crippen LogP contribution in [0.25, 0.3) is 0 Å². The summed E-state index contributed by atoms with van der Waals surface area (Å²) < 4.78 is 4.58. The Hall–Kier alpha value is -1.36. The van der Waals surface area contributed by atoms with Gasteiger partial charge in [0.2, 0.25) is 0 Å². The minimum atomic E-state index is -0.318. The average Bonchev–Trinajstić information content (AvgIpc) is 2.62. The van der Waals surface area contributed by atoms with E-state index in [-0.39, 0.29) is 5.97 Å². The van der Waals surface area contributed by atoms with Crippen molar-refractivity contribution in [1.29, 1.82) is 0 Å². The van der Waals surface area contributed by atoms with Crippen molar-refractivity contribution in [2.75, 3.05) is 21.2 Å². The van der Waals surface area contributed by atoms with Crippen molar-refractivity contribution in [3.8, 4) is 0 Å². The molecule has 0 N–H and O–H groups in total. The highest BCUT2D eigenvalue weighted by molar-refractivity contribution is 7.17. The zero-order chi connectivity index (χ0) is 10.6. The van der Waals surface area contributed by atoms with Crippen molar-refractivity contribution < 1.29 is 9.53 Å². The smallest absolute Gasteiger partial charge is 0.348 e. The molecule has 5 heteroatoms. The Labute approximate surface area is 86.8 Å². The molecule has 0 fully saturated rings. The summed E-state index contributed by atoms with van der Waals surface area (Å²) in [6.45, 7) is 0. The van der Waals surface area contributed by atoms with Gasteiger partial charge in [0.1, 0.15) is 9.88 Å². The standard InChI is InChI=1S/C9H12N2O2S/c1-11(2)6-10-8-5-4-7(14-8)9(12)13-3/h4-6H,1-3H3/b10-6+. The zero-order valence-corrected chi connectivity index (χ0v) is 9.17. The fourth-order valence-corrected chi connectivity index (χ4v) is 1.54. The summed E-state index contributed by atoms with van der Waals surface area (Å²) in [5.74, 6) is -0.318. The van der Waals surface area contributed by atoms with Gasteiger partial charge < -0.3 is 9.64 Å². The summed E-state index contributed by atoms with van der Waals surface area (Å²) in [4.78, 5) is 17.6. The molecule has 0 radical (unpaired) electrons. The largest absolute Gasteiger partial charge is 0.465 e. The van der Waals surface area contributed by atoms with E-state index in [1.165, 1.54) is 18.4 Å². The van der Waals surface area contributed by atoms with Crippen molar-refractivity contribution in [2.45, 2.75) is 0 Å². The molecule has 0 aliphatic heterocycles. The number of ether oxygens (including phenoxy) is 1. The summed E-state index contributed by atoms with van der Waals surface area (Å²) in [5.41, 5.74) is 0. The number of carbonyl (C=O) groups excluding carboxylic acids is 1. The van der Waals surface area contributed by atoms with E-state index in [2.05, 4.69) is 9.73 Å². The molecule has 0 bridgehead atoms. The fraction of sp³-hybridized carbons (Fsp3) is 0.333. The number of hydrogen-bond donors (Lipinski definition) is 0. The van der Waals surface area contributed by atoms with Gasteiger partial charge in [0.15, 0.2) is 0 Å². The lowest BCUT2D eigenvalue weighted by Gasteiger charge is -2.00. The second-order valence-electron chi connectivity index (χ2n) is 2.84. The SMILES string of the molecule is COC(=O)c1ccc(/N=C/N(C)C)s1. The van der Waals surface area contributed by atoms with E-state index in [9.17, 15) is 4.79 Å². The Bertz CT molecular complexity index is 344. The maximum Gasteiger partial charge on any atom is 0.348 e. The first-order chi connectivity index (χ1) is 6.63. The Morgan fingerprint density at radius 2 is 2.29 bits per heavy atom. The number of nitrogens with zero attached hydrogens (tertiary/aromatic N) is 2. The predicted octanol–water partition coefficient (Wildman–Crippen LogP) is 1.76. The Morgan fingerprint density at radius 3 is 2.86 bits per heavy atom. The van der Waals surface area contributed by atoms with Crippen LogP contribution in [0.2, 0.25) is 0 Å². The van der Waals surface area contributed by atoms with E-state index in [1.807, 2.05) is 19.0 Å². The number of rotatable bonds is 3. The maximum atomic E-state index is 11.1. The third-order valence-corrected chi connectivity index (χ3v) is 2.37. The summed E-state index contributed by atoms with van der Waals surface area (Å²) in [5, 5.41) is 0.791. The molecule has 1 aromatic rings. The third-order valence-electron chi connectivity index (χ3n) is 1.39. The molecular weight excluding hydrogens is 200 g/mol. The summed E-state index contributed by atoms with van der Waals surface area (Å²) in [7, 11) is 5.14. The second-order valence-corrected chi connectivity index (χ2v) is 3.90. The topological polar surface area (TPSA) is 41.9 Å². The summed E-state index contributed by atoms with van der Waals surface area (Å²) >= 11 is 1.31. The summed E-state index contributed by atoms with van der Waals surface area (Å²) in [6.07, 6.45) is 1.69. The number of esters is 1. The van der Waals surface area contributed by atoms with E-state index < -0.39 is 0 Å². The van der Waals surface area contributed by atoms with E-state index in [0.717, 1.165) is 5.00 Å². The zero-order valence-electron chi connectivity index (χ0n) is 8.35. The van der Waals surface area contributed by atoms with Crippen molar-refractivity contribution in [3.05, 3.63) is 17.0 Å². The lowest BCUT2D eigenvalue weighted by atomic mass is 10.5. The average molecular weight is 212 g/mol. The van der Waals surface area contributed by atoms with Crippen molar-refractivity contribution >= 4 is 28.6 Å². The number of methoxy groups -OCH3 is 1. The number of aliphatic imine (C=N–C) groups is 1. The van der Waals surface area contributed by atoms with Crippen molar-refractivity contribution in [1.82, 2.24) is 4.90 Å². The van der Waals surface area contributed by atoms with Crippen LogP contribution in [0.1, 0.15) is 9.67 Å². The van der Waals surface area contributed by atoms with Crippen LogP contribution in [0.3, 0.4) is 0 Å². The van der Waals surface area contributed by atoms with Crippen LogP contribution in [-0.4, -0.2) is 38.4 Å². The Balaban J connectivity index is 2.73. The molecule has 0 aliphatic carbocycles. The van der Waals surface area contributed by atoms with Crippen molar-refractivity contribution in [3.63, 3.8) is 0 Å². The molecule has 0 aliphatic rings. The first kappa shape index (κ1) is 10.7. The van der Waals surface area contributed by atoms with Gasteiger partial charge in [-0.05, 0) is 12.1 Å². The monoisotopic (exact) mass is 212 g/mol. The van der Waals surface area contributed by atoms with E-state index in [0.29, 0.717) is 4.88 Å². The summed E-state index contributed by atoms with van der Waals surface area (Å²) in [6, 6.07) is 3.50. The van der Waals surface area contributed by atoms with Gasteiger partial charge >= 0.3 is 5.97 Å². The van der Waals surface area contributed by atoms with Gasteiger partial charge in [-0.25, -0.2) is 9.79 Å². The normalized spacial score (nSPS) is 10.5. The Kier molecular flexibility index (Phi) is 3.64. The fourth-order valence-electron chi connectivity index (χ4n) is 0.780. The van der Waals surface area contributed by atoms with Gasteiger partial charge in [-0.3, -0.25) is 0 Å². The molecule has 1 rings (SSSR count). The van der Waals surface area contributed by atoms with Crippen molar-refractivity contribution in [2.24, 2.45) is 4.99 Å². The molecule has 4 nitrogen and oxygen atoms in total. The molecule has 0 unspecified atom stereocenters. The van der Waals surface area contributed by atoms with Gasteiger partial charge in [0.05, 0.1) is 13.4 Å². The van der Waals surface area contributed by atoms with Crippen LogP contribution in [0.4, 0.5) is 5.00 Å². The minimum absolute atomic E-state index is 0.318. The van der Waals surface area contributed by atoms with Crippen LogP contribution in [0, 0.1) is 0 Å². The molecule has 0 saturated heterocycles. The predicted molar refractivity (Wildman–Crippen MR) is 57.5 cm³/mol. The van der Waals surface area contributed by atoms with Gasteiger partial charge in [-0.1, -0.05) is 0 Å². The molecule has 0 amide bonds. The maximum absolute atomic E-state index is 11.1. The first-order valence-electron chi connectivity index (χ1n) is 4.02. The molecule has 1 heterocycles. The molecular formula is C9H12N2O2S. The van der Waals surface area contributed by atoms with Crippen LogP contribution in [-0.2, 0) is 4.74 Å². The number of hydrogen-bond acceptors (Lipinski definition) is 4. The molecule has 0 saturated carbocycles. The van der Waals surface area contributed by atoms with Crippen LogP contribution >= 0.6 is 11.3 Å². The number of carbonyl (C=O) groups is 1. The quantitative estimate of drug-likeness (QED) is 0.435. The molecule has 0 aromatic carbocycles. The van der Waals surface area contributed by atoms with Gasteiger partial charge in [-0.15, -0.1) is 11.3 Å². The first-order valence-corrected chi connectivity index (χ1v) is 4.84. The molecule has 14 heavy (non-hydrogen) atoms. The highest BCUT2D eigenvalue weighted by atomic mass is 32.1. The van der Waals surface area contributed by atoms with E-state index in [4.69, 9.17) is 0 Å². The van der Waals surface area contributed by atoms with Gasteiger partial charge in [0.25, 0.3) is 0 Å². The van der Waals surface area contributed by atoms with E-state index >= 15 is 0 Å². The number of thiophene rings is 1. The van der Waals surface area contributed by atoms with Crippen LogP contribution < -0.4 is 0 Å². The third kappa shape index (κ3) is 2.85. The minimum Gasteiger partial charge on any atom is -0.465 e. The van der Waals surface area contributed by atoms with Gasteiger partial charge in [0, 0.05) is 14.1 Å². The van der Waals surface area contributed by atoms with Gasteiger partial charge in [-0.2, -0.15) is 0 Å². The molecule has 1 aromatic heterocycles. The molecule has 0 spiro atoms. The lowest BCUT2D eigenvalue weighted by molar-refractivity contribution is 0.0606. The van der Waals surface area contributed by atoms with Crippen LogP contribution in [0.15, 0.2) is 17.1 Å².